The standard InChI is InChI=1S/C29H58N2O6/c1-5-6-7-8-9-10-11-12-13-14-15-16-17-18-19-20-21-36-29(24-32)28(35)27(34)25(23-37-29)30-26(33)22-31(2,3)4/h25,27-28,32,34-35H,5-24H2,1-4H3/p+1/t25-,27-,28+,29-/m1/s1. The topological polar surface area (TPSA) is 108 Å². The van der Waals surface area contributed by atoms with Crippen LogP contribution in [0.15, 0.2) is 0 Å². The monoisotopic (exact) mass is 531 g/mol. The molecule has 0 unspecified atom stereocenters. The summed E-state index contributed by atoms with van der Waals surface area (Å²) in [5, 5.41) is 33.8. The van der Waals surface area contributed by atoms with Crippen LogP contribution in [0.3, 0.4) is 0 Å². The maximum atomic E-state index is 12.2. The van der Waals surface area contributed by atoms with Crippen molar-refractivity contribution in [3.05, 3.63) is 0 Å². The fourth-order valence-electron chi connectivity index (χ4n) is 4.91. The zero-order valence-electron chi connectivity index (χ0n) is 24.4. The number of carbonyl (C=O) groups is 1. The largest absolute Gasteiger partial charge is 0.391 e. The third kappa shape index (κ3) is 14.8. The molecular weight excluding hydrogens is 472 g/mol. The average Bonchev–Trinajstić information content (AvgIpc) is 2.84. The van der Waals surface area contributed by atoms with Crippen LogP contribution < -0.4 is 5.32 Å². The van der Waals surface area contributed by atoms with Gasteiger partial charge in [-0.2, -0.15) is 0 Å². The van der Waals surface area contributed by atoms with Crippen molar-refractivity contribution in [3.8, 4) is 0 Å². The average molecular weight is 532 g/mol. The van der Waals surface area contributed by atoms with E-state index in [1.807, 2.05) is 21.1 Å². The first-order valence-electron chi connectivity index (χ1n) is 15.0. The molecule has 1 saturated heterocycles. The van der Waals surface area contributed by atoms with Crippen LogP contribution in [0.1, 0.15) is 110 Å². The molecule has 1 amide bonds. The maximum absolute atomic E-state index is 12.2. The zero-order valence-corrected chi connectivity index (χ0v) is 24.4. The van der Waals surface area contributed by atoms with E-state index in [-0.39, 0.29) is 19.1 Å². The second-order valence-electron chi connectivity index (χ2n) is 12.0. The van der Waals surface area contributed by atoms with Crippen molar-refractivity contribution in [2.75, 3.05) is 47.5 Å². The lowest BCUT2D eigenvalue weighted by atomic mass is 9.95. The number of aliphatic hydroxyl groups excluding tert-OH is 3. The lowest BCUT2D eigenvalue weighted by Gasteiger charge is -2.45. The summed E-state index contributed by atoms with van der Waals surface area (Å²) in [4.78, 5) is 12.2. The highest BCUT2D eigenvalue weighted by molar-refractivity contribution is 5.77. The summed E-state index contributed by atoms with van der Waals surface area (Å²) >= 11 is 0. The second-order valence-corrected chi connectivity index (χ2v) is 12.0. The van der Waals surface area contributed by atoms with Crippen molar-refractivity contribution in [1.82, 2.24) is 5.32 Å². The SMILES string of the molecule is CCCCCCCCCCCCCCCCCCO[C@]1(CO)OC[C@@H](NC(=O)C[N+](C)(C)C)[C@@H](O)[C@@H]1O. The zero-order chi connectivity index (χ0) is 27.6. The molecule has 1 heterocycles. The molecule has 0 spiro atoms. The van der Waals surface area contributed by atoms with Crippen molar-refractivity contribution in [1.29, 1.82) is 0 Å². The number of ether oxygens (including phenoxy) is 2. The Bertz CT molecular complexity index is 585. The molecule has 0 aromatic rings. The first-order valence-corrected chi connectivity index (χ1v) is 15.0. The Morgan fingerprint density at radius 3 is 1.76 bits per heavy atom. The second kappa shape index (κ2) is 19.3. The molecule has 0 saturated carbocycles. The number of hydrogen-bond donors (Lipinski definition) is 4. The number of amides is 1. The molecule has 8 nitrogen and oxygen atoms in total. The van der Waals surface area contributed by atoms with Gasteiger partial charge in [-0.05, 0) is 6.42 Å². The van der Waals surface area contributed by atoms with E-state index in [4.69, 9.17) is 9.47 Å². The summed E-state index contributed by atoms with van der Waals surface area (Å²) in [7, 11) is 5.68. The number of aliphatic hydroxyl groups is 3. The Balaban J connectivity index is 2.10. The van der Waals surface area contributed by atoms with Crippen LogP contribution in [0.2, 0.25) is 0 Å². The number of nitrogens with zero attached hydrogens (tertiary/aromatic N) is 1. The summed E-state index contributed by atoms with van der Waals surface area (Å²) in [6.45, 7) is 2.23. The predicted octanol–water partition coefficient (Wildman–Crippen LogP) is 3.90. The number of unbranched alkanes of at least 4 members (excludes halogenated alkanes) is 15. The Hall–Kier alpha value is -0.770. The minimum Gasteiger partial charge on any atom is -0.391 e. The number of nitrogens with one attached hydrogen (secondary N) is 1. The number of rotatable bonds is 22. The van der Waals surface area contributed by atoms with Gasteiger partial charge in [0.2, 0.25) is 5.79 Å². The van der Waals surface area contributed by atoms with Gasteiger partial charge in [0.25, 0.3) is 5.91 Å². The van der Waals surface area contributed by atoms with Crippen molar-refractivity contribution >= 4 is 5.91 Å². The van der Waals surface area contributed by atoms with Crippen LogP contribution in [0.5, 0.6) is 0 Å². The molecular formula is C29H59N2O6+. The van der Waals surface area contributed by atoms with Crippen molar-refractivity contribution < 1.29 is 34.1 Å². The van der Waals surface area contributed by atoms with Gasteiger partial charge in [0.05, 0.1) is 40.4 Å². The molecule has 1 aliphatic rings. The molecule has 220 valence electrons. The van der Waals surface area contributed by atoms with Gasteiger partial charge >= 0.3 is 0 Å². The van der Waals surface area contributed by atoms with Gasteiger partial charge < -0.3 is 34.6 Å². The molecule has 1 aliphatic heterocycles. The van der Waals surface area contributed by atoms with E-state index in [1.54, 1.807) is 0 Å². The lowest BCUT2D eigenvalue weighted by Crippen LogP contribution is -2.67. The van der Waals surface area contributed by atoms with Gasteiger partial charge in [-0.25, -0.2) is 0 Å². The normalized spacial score (nSPS) is 24.4. The van der Waals surface area contributed by atoms with E-state index in [2.05, 4.69) is 12.2 Å². The summed E-state index contributed by atoms with van der Waals surface area (Å²) < 4.78 is 11.9. The minimum absolute atomic E-state index is 0.0410. The highest BCUT2D eigenvalue weighted by atomic mass is 16.7. The maximum Gasteiger partial charge on any atom is 0.275 e. The van der Waals surface area contributed by atoms with Crippen LogP contribution in [-0.4, -0.2) is 97.3 Å². The third-order valence-electron chi connectivity index (χ3n) is 7.22. The fourth-order valence-corrected chi connectivity index (χ4v) is 4.91. The number of likely N-dealkylation sites (N-methyl/N-ethyl adjacent to an activating group) is 1. The summed E-state index contributed by atoms with van der Waals surface area (Å²) in [6, 6.07) is -0.757. The van der Waals surface area contributed by atoms with Gasteiger partial charge in [-0.1, -0.05) is 103 Å². The Kier molecular flexibility index (Phi) is 17.9. The molecule has 4 N–H and O–H groups in total. The van der Waals surface area contributed by atoms with Crippen LogP contribution in [0.4, 0.5) is 0 Å². The molecule has 8 heteroatoms. The highest BCUT2D eigenvalue weighted by Gasteiger charge is 2.51. The molecule has 0 aromatic carbocycles. The molecule has 4 atom stereocenters. The van der Waals surface area contributed by atoms with Crippen LogP contribution in [0.25, 0.3) is 0 Å². The Morgan fingerprint density at radius 1 is 0.865 bits per heavy atom. The molecule has 0 bridgehead atoms. The highest BCUT2D eigenvalue weighted by Crippen LogP contribution is 2.28. The van der Waals surface area contributed by atoms with Gasteiger partial charge in [-0.15, -0.1) is 0 Å². The number of hydrogen-bond acceptors (Lipinski definition) is 6. The molecule has 0 radical (unpaired) electrons. The quantitative estimate of drug-likeness (QED) is 0.125. The van der Waals surface area contributed by atoms with E-state index >= 15 is 0 Å². The van der Waals surface area contributed by atoms with E-state index in [0.717, 1.165) is 19.3 Å². The molecule has 1 fully saturated rings. The van der Waals surface area contributed by atoms with Crippen molar-refractivity contribution in [2.45, 2.75) is 134 Å². The van der Waals surface area contributed by atoms with E-state index in [0.29, 0.717) is 11.1 Å². The molecule has 1 rings (SSSR count). The van der Waals surface area contributed by atoms with Gasteiger partial charge in [0.1, 0.15) is 18.8 Å². The lowest BCUT2D eigenvalue weighted by molar-refractivity contribution is -0.862. The summed E-state index contributed by atoms with van der Waals surface area (Å²) in [5.74, 6) is -1.89. The molecule has 37 heavy (non-hydrogen) atoms. The van der Waals surface area contributed by atoms with Gasteiger partial charge in [-0.3, -0.25) is 4.79 Å². The molecule has 0 aromatic heterocycles. The van der Waals surface area contributed by atoms with Crippen molar-refractivity contribution in [2.24, 2.45) is 0 Å². The van der Waals surface area contributed by atoms with E-state index in [9.17, 15) is 20.1 Å². The van der Waals surface area contributed by atoms with Crippen molar-refractivity contribution in [3.63, 3.8) is 0 Å². The Morgan fingerprint density at radius 2 is 1.32 bits per heavy atom. The summed E-state index contributed by atoms with van der Waals surface area (Å²) in [6.07, 6.45) is 17.8. The smallest absolute Gasteiger partial charge is 0.275 e. The third-order valence-corrected chi connectivity index (χ3v) is 7.22. The van der Waals surface area contributed by atoms with Gasteiger partial charge in [0.15, 0.2) is 6.54 Å². The summed E-state index contributed by atoms with van der Waals surface area (Å²) in [5.41, 5.74) is 0. The van der Waals surface area contributed by atoms with E-state index in [1.165, 1.54) is 83.5 Å². The first kappa shape index (κ1) is 34.3. The first-order chi connectivity index (χ1) is 17.6. The van der Waals surface area contributed by atoms with Gasteiger partial charge in [0, 0.05) is 0 Å². The van der Waals surface area contributed by atoms with Crippen LogP contribution in [-0.2, 0) is 14.3 Å². The molecule has 0 aliphatic carbocycles. The minimum atomic E-state index is -1.66. The van der Waals surface area contributed by atoms with Crippen LogP contribution >= 0.6 is 0 Å². The van der Waals surface area contributed by atoms with E-state index < -0.39 is 30.6 Å². The fraction of sp³-hybridized carbons (Fsp3) is 0.966. The van der Waals surface area contributed by atoms with Crippen LogP contribution in [0, 0.1) is 0 Å². The Labute approximate surface area is 226 Å². The number of quaternary nitrogens is 1. The number of carbonyl (C=O) groups excluding carboxylic acids is 1. The predicted molar refractivity (Wildman–Crippen MR) is 148 cm³/mol.